The number of rotatable bonds is 3. The van der Waals surface area contributed by atoms with E-state index in [4.69, 9.17) is 0 Å². The van der Waals surface area contributed by atoms with Gasteiger partial charge in [0.25, 0.3) is 0 Å². The standard InChI is InChI=1S/C15H21BrN2O3/c1-8-6-10(16)7-9(2)11(8)17-14(21)18-12(13(19)20)15(3,4)5/h6-7,12H,1-5H3,(H,19,20)(H2,17,18,21)/t12-/m0/s1. The highest BCUT2D eigenvalue weighted by Crippen LogP contribution is 2.25. The molecule has 1 rings (SSSR count). The SMILES string of the molecule is Cc1cc(Br)cc(C)c1NC(=O)N[C@@H](C(=O)O)C(C)(C)C. The number of carboxylic acids is 1. The van der Waals surface area contributed by atoms with Crippen LogP contribution in [0.5, 0.6) is 0 Å². The van der Waals surface area contributed by atoms with Crippen molar-refractivity contribution in [3.63, 3.8) is 0 Å². The molecule has 0 aliphatic carbocycles. The molecule has 0 bridgehead atoms. The Hall–Kier alpha value is -1.56. The van der Waals surface area contributed by atoms with Gasteiger partial charge in [0, 0.05) is 10.2 Å². The number of nitrogens with one attached hydrogen (secondary N) is 2. The minimum Gasteiger partial charge on any atom is -0.480 e. The van der Waals surface area contributed by atoms with Gasteiger partial charge < -0.3 is 15.7 Å². The summed E-state index contributed by atoms with van der Waals surface area (Å²) in [7, 11) is 0. The van der Waals surface area contributed by atoms with E-state index < -0.39 is 23.5 Å². The number of aliphatic carboxylic acids is 1. The fourth-order valence-electron chi connectivity index (χ4n) is 2.04. The summed E-state index contributed by atoms with van der Waals surface area (Å²) >= 11 is 3.39. The maximum absolute atomic E-state index is 12.1. The molecule has 2 amide bonds. The second-order valence-electron chi connectivity index (χ2n) is 6.15. The fraction of sp³-hybridized carbons (Fsp3) is 0.467. The van der Waals surface area contributed by atoms with Crippen LogP contribution in [0, 0.1) is 19.3 Å². The quantitative estimate of drug-likeness (QED) is 0.772. The molecule has 5 nitrogen and oxygen atoms in total. The number of carboxylic acid groups (broad SMARTS) is 1. The average molecular weight is 357 g/mol. The van der Waals surface area contributed by atoms with Gasteiger partial charge in [0.1, 0.15) is 6.04 Å². The maximum atomic E-state index is 12.1. The zero-order chi connectivity index (χ0) is 16.4. The number of hydrogen-bond acceptors (Lipinski definition) is 2. The second kappa shape index (κ2) is 6.47. The highest BCUT2D eigenvalue weighted by Gasteiger charge is 2.32. The van der Waals surface area contributed by atoms with Crippen molar-refractivity contribution >= 4 is 33.6 Å². The van der Waals surface area contributed by atoms with Crippen molar-refractivity contribution in [3.05, 3.63) is 27.7 Å². The predicted octanol–water partition coefficient (Wildman–Crippen LogP) is 3.69. The Bertz CT molecular complexity index is 542. The number of carbonyl (C=O) groups excluding carboxylic acids is 1. The predicted molar refractivity (Wildman–Crippen MR) is 86.6 cm³/mol. The van der Waals surface area contributed by atoms with Gasteiger partial charge in [0.05, 0.1) is 0 Å². The normalized spacial score (nSPS) is 12.7. The lowest BCUT2D eigenvalue weighted by molar-refractivity contribution is -0.141. The van der Waals surface area contributed by atoms with Crippen LogP contribution in [0.1, 0.15) is 31.9 Å². The molecule has 0 heterocycles. The summed E-state index contributed by atoms with van der Waals surface area (Å²) in [6.07, 6.45) is 0. The first kappa shape index (κ1) is 17.5. The molecule has 0 unspecified atom stereocenters. The molecule has 1 aromatic carbocycles. The van der Waals surface area contributed by atoms with Crippen molar-refractivity contribution in [2.24, 2.45) is 5.41 Å². The van der Waals surface area contributed by atoms with Gasteiger partial charge in [-0.2, -0.15) is 0 Å². The molecule has 3 N–H and O–H groups in total. The molecule has 0 fully saturated rings. The lowest BCUT2D eigenvalue weighted by Gasteiger charge is -2.28. The monoisotopic (exact) mass is 356 g/mol. The third-order valence-electron chi connectivity index (χ3n) is 3.12. The number of anilines is 1. The lowest BCUT2D eigenvalue weighted by atomic mass is 9.87. The molecule has 116 valence electrons. The molecule has 0 aliphatic heterocycles. The van der Waals surface area contributed by atoms with Crippen LogP contribution in [0.2, 0.25) is 0 Å². The largest absolute Gasteiger partial charge is 0.480 e. The number of carbonyl (C=O) groups is 2. The molecular formula is C15H21BrN2O3. The second-order valence-corrected chi connectivity index (χ2v) is 7.07. The average Bonchev–Trinajstić information content (AvgIpc) is 2.28. The van der Waals surface area contributed by atoms with Gasteiger partial charge in [-0.3, -0.25) is 0 Å². The number of amides is 2. The van der Waals surface area contributed by atoms with Crippen molar-refractivity contribution in [2.45, 2.75) is 40.7 Å². The van der Waals surface area contributed by atoms with Gasteiger partial charge in [-0.15, -0.1) is 0 Å². The van der Waals surface area contributed by atoms with Gasteiger partial charge in [0.2, 0.25) is 0 Å². The number of urea groups is 1. The molecule has 0 saturated carbocycles. The van der Waals surface area contributed by atoms with E-state index in [2.05, 4.69) is 26.6 Å². The van der Waals surface area contributed by atoms with Crippen LogP contribution >= 0.6 is 15.9 Å². The third kappa shape index (κ3) is 4.74. The fourth-order valence-corrected chi connectivity index (χ4v) is 2.72. The smallest absolute Gasteiger partial charge is 0.326 e. The first-order valence-corrected chi connectivity index (χ1v) is 7.38. The molecule has 0 saturated heterocycles. The number of aryl methyl sites for hydroxylation is 2. The van der Waals surface area contributed by atoms with E-state index in [1.54, 1.807) is 20.8 Å². The summed E-state index contributed by atoms with van der Waals surface area (Å²) in [4.78, 5) is 23.3. The van der Waals surface area contributed by atoms with Gasteiger partial charge in [-0.05, 0) is 42.5 Å². The molecule has 0 aromatic heterocycles. The molecule has 1 atom stereocenters. The molecule has 0 spiro atoms. The van der Waals surface area contributed by atoms with Crippen molar-refractivity contribution in [2.75, 3.05) is 5.32 Å². The van der Waals surface area contributed by atoms with Gasteiger partial charge in [0.15, 0.2) is 0 Å². The molecule has 1 aromatic rings. The Balaban J connectivity index is 2.90. The highest BCUT2D eigenvalue weighted by molar-refractivity contribution is 9.10. The van der Waals surface area contributed by atoms with Crippen LogP contribution in [0.15, 0.2) is 16.6 Å². The van der Waals surface area contributed by atoms with Crippen molar-refractivity contribution in [1.82, 2.24) is 5.32 Å². The summed E-state index contributed by atoms with van der Waals surface area (Å²) in [5.41, 5.74) is 1.92. The summed E-state index contributed by atoms with van der Waals surface area (Å²) in [5.74, 6) is -1.05. The van der Waals surface area contributed by atoms with E-state index >= 15 is 0 Å². The minimum absolute atomic E-state index is 0.522. The Morgan fingerprint density at radius 2 is 1.67 bits per heavy atom. The molecule has 21 heavy (non-hydrogen) atoms. The Labute approximate surface area is 133 Å². The summed E-state index contributed by atoms with van der Waals surface area (Å²) < 4.78 is 0.932. The summed E-state index contributed by atoms with van der Waals surface area (Å²) in [6.45, 7) is 9.06. The number of hydrogen-bond donors (Lipinski definition) is 3. The van der Waals surface area contributed by atoms with Crippen molar-refractivity contribution < 1.29 is 14.7 Å². The van der Waals surface area contributed by atoms with Crippen molar-refractivity contribution in [1.29, 1.82) is 0 Å². The van der Waals surface area contributed by atoms with Crippen LogP contribution < -0.4 is 10.6 Å². The highest BCUT2D eigenvalue weighted by atomic mass is 79.9. The van der Waals surface area contributed by atoms with E-state index in [-0.39, 0.29) is 0 Å². The van der Waals surface area contributed by atoms with Crippen LogP contribution in [0.4, 0.5) is 10.5 Å². The van der Waals surface area contributed by atoms with Gasteiger partial charge >= 0.3 is 12.0 Å². The number of halogens is 1. The van der Waals surface area contributed by atoms with Crippen LogP contribution in [0.25, 0.3) is 0 Å². The molecule has 0 aliphatic rings. The minimum atomic E-state index is -1.05. The summed E-state index contributed by atoms with van der Waals surface area (Å²) in [6, 6.07) is 2.29. The molecule has 0 radical (unpaired) electrons. The zero-order valence-electron chi connectivity index (χ0n) is 12.9. The van der Waals surface area contributed by atoms with Crippen LogP contribution in [-0.4, -0.2) is 23.1 Å². The van der Waals surface area contributed by atoms with E-state index in [1.165, 1.54) is 0 Å². The van der Waals surface area contributed by atoms with Crippen molar-refractivity contribution in [3.8, 4) is 0 Å². The Morgan fingerprint density at radius 1 is 1.19 bits per heavy atom. The molecule has 6 heteroatoms. The van der Waals surface area contributed by atoms with E-state index in [9.17, 15) is 14.7 Å². The first-order valence-electron chi connectivity index (χ1n) is 6.59. The third-order valence-corrected chi connectivity index (χ3v) is 3.58. The van der Waals surface area contributed by atoms with E-state index in [1.807, 2.05) is 26.0 Å². The topological polar surface area (TPSA) is 78.4 Å². The Kier molecular flexibility index (Phi) is 5.39. The Morgan fingerprint density at radius 3 is 2.05 bits per heavy atom. The zero-order valence-corrected chi connectivity index (χ0v) is 14.5. The van der Waals surface area contributed by atoms with Gasteiger partial charge in [-0.25, -0.2) is 9.59 Å². The van der Waals surface area contributed by atoms with Gasteiger partial charge in [-0.1, -0.05) is 36.7 Å². The van der Waals surface area contributed by atoms with E-state index in [0.717, 1.165) is 15.6 Å². The van der Waals surface area contributed by atoms with Crippen LogP contribution in [-0.2, 0) is 4.79 Å². The summed E-state index contributed by atoms with van der Waals surface area (Å²) in [5, 5.41) is 14.5. The number of benzene rings is 1. The maximum Gasteiger partial charge on any atom is 0.326 e. The van der Waals surface area contributed by atoms with Crippen LogP contribution in [0.3, 0.4) is 0 Å². The lowest BCUT2D eigenvalue weighted by Crippen LogP contribution is -2.50. The van der Waals surface area contributed by atoms with E-state index in [0.29, 0.717) is 5.69 Å². The molecular weight excluding hydrogens is 336 g/mol. The first-order chi connectivity index (χ1) is 9.52.